The predicted molar refractivity (Wildman–Crippen MR) is 109 cm³/mol. The zero-order valence-electron chi connectivity index (χ0n) is 16.7. The van der Waals surface area contributed by atoms with Crippen LogP contribution in [0, 0.1) is 13.8 Å². The van der Waals surface area contributed by atoms with Crippen molar-refractivity contribution in [2.24, 2.45) is 0 Å². The topological polar surface area (TPSA) is 61.4 Å². The highest BCUT2D eigenvalue weighted by molar-refractivity contribution is 5.92. The number of anilines is 2. The van der Waals surface area contributed by atoms with Gasteiger partial charge >= 0.3 is 0 Å². The molecule has 6 heteroatoms. The molecule has 1 N–H and O–H groups in total. The first-order valence-electron chi connectivity index (χ1n) is 9.69. The molecule has 27 heavy (non-hydrogen) atoms. The molecule has 1 aromatic heterocycles. The van der Waals surface area contributed by atoms with Gasteiger partial charge in [-0.1, -0.05) is 19.1 Å². The third-order valence-electron chi connectivity index (χ3n) is 4.99. The second-order valence-electron chi connectivity index (χ2n) is 7.29. The van der Waals surface area contributed by atoms with Crippen LogP contribution in [0.1, 0.15) is 42.0 Å². The first-order chi connectivity index (χ1) is 13.0. The second kappa shape index (κ2) is 8.37. The van der Waals surface area contributed by atoms with Crippen molar-refractivity contribution in [1.29, 1.82) is 0 Å². The maximum Gasteiger partial charge on any atom is 0.272 e. The summed E-state index contributed by atoms with van der Waals surface area (Å²) in [6, 6.07) is 10.6. The predicted octanol–water partition coefficient (Wildman–Crippen LogP) is 3.27. The number of amides is 1. The Balaban J connectivity index is 1.67. The maximum atomic E-state index is 12.9. The average molecular weight is 367 g/mol. The maximum absolute atomic E-state index is 12.9. The molecule has 1 unspecified atom stereocenters. The lowest BCUT2D eigenvalue weighted by molar-refractivity contribution is 0.0740. The molecule has 1 aliphatic rings. The smallest absolute Gasteiger partial charge is 0.272 e. The fraction of sp³-hybridized carbons (Fsp3) is 0.476. The SMILES string of the molecule is CCC(C)Nc1nc(C)cc(C(=O)N2CCN(c3cccc(C)c3)CC2)n1. The van der Waals surface area contributed by atoms with Gasteiger partial charge in [0.25, 0.3) is 5.91 Å². The van der Waals surface area contributed by atoms with E-state index in [0.29, 0.717) is 24.7 Å². The number of carbonyl (C=O) groups excluding carboxylic acids is 1. The van der Waals surface area contributed by atoms with Gasteiger partial charge in [0, 0.05) is 43.6 Å². The molecule has 1 aromatic carbocycles. The molecular weight excluding hydrogens is 338 g/mol. The molecule has 3 rings (SSSR count). The van der Waals surface area contributed by atoms with Crippen LogP contribution in [0.25, 0.3) is 0 Å². The molecule has 0 aliphatic carbocycles. The number of piperazine rings is 1. The Kier molecular flexibility index (Phi) is 5.94. The quantitative estimate of drug-likeness (QED) is 0.879. The zero-order valence-corrected chi connectivity index (χ0v) is 16.7. The molecule has 1 atom stereocenters. The minimum Gasteiger partial charge on any atom is -0.368 e. The van der Waals surface area contributed by atoms with Gasteiger partial charge in [-0.2, -0.15) is 0 Å². The highest BCUT2D eigenvalue weighted by atomic mass is 16.2. The molecule has 6 nitrogen and oxygen atoms in total. The number of hydrogen-bond donors (Lipinski definition) is 1. The Bertz CT molecular complexity index is 799. The molecule has 0 radical (unpaired) electrons. The van der Waals surface area contributed by atoms with Crippen molar-refractivity contribution in [2.45, 2.75) is 40.2 Å². The lowest BCUT2D eigenvalue weighted by Crippen LogP contribution is -2.49. The van der Waals surface area contributed by atoms with Crippen molar-refractivity contribution >= 4 is 17.5 Å². The van der Waals surface area contributed by atoms with Gasteiger partial charge < -0.3 is 15.1 Å². The molecule has 1 saturated heterocycles. The Morgan fingerprint density at radius 3 is 2.56 bits per heavy atom. The van der Waals surface area contributed by atoms with E-state index >= 15 is 0 Å². The van der Waals surface area contributed by atoms with E-state index in [1.54, 1.807) is 6.07 Å². The Morgan fingerprint density at radius 1 is 1.15 bits per heavy atom. The number of rotatable bonds is 5. The molecule has 0 saturated carbocycles. The lowest BCUT2D eigenvalue weighted by atomic mass is 10.2. The fourth-order valence-corrected chi connectivity index (χ4v) is 3.22. The first-order valence-corrected chi connectivity index (χ1v) is 9.69. The zero-order chi connectivity index (χ0) is 19.4. The van der Waals surface area contributed by atoms with Gasteiger partial charge in [0.05, 0.1) is 0 Å². The highest BCUT2D eigenvalue weighted by Crippen LogP contribution is 2.19. The van der Waals surface area contributed by atoms with E-state index in [4.69, 9.17) is 0 Å². The molecule has 1 aliphatic heterocycles. The summed E-state index contributed by atoms with van der Waals surface area (Å²) in [6.45, 7) is 11.2. The minimum absolute atomic E-state index is 0.0170. The first kappa shape index (κ1) is 19.1. The fourth-order valence-electron chi connectivity index (χ4n) is 3.22. The summed E-state index contributed by atoms with van der Waals surface area (Å²) < 4.78 is 0. The van der Waals surface area contributed by atoms with E-state index < -0.39 is 0 Å². The molecular formula is C21H29N5O. The second-order valence-corrected chi connectivity index (χ2v) is 7.29. The van der Waals surface area contributed by atoms with Crippen LogP contribution < -0.4 is 10.2 Å². The van der Waals surface area contributed by atoms with Crippen LogP contribution in [0.3, 0.4) is 0 Å². The largest absolute Gasteiger partial charge is 0.368 e. The van der Waals surface area contributed by atoms with E-state index in [0.717, 1.165) is 25.2 Å². The molecule has 144 valence electrons. The van der Waals surface area contributed by atoms with E-state index in [1.807, 2.05) is 11.8 Å². The number of hydrogen-bond acceptors (Lipinski definition) is 5. The van der Waals surface area contributed by atoms with Gasteiger partial charge in [0.15, 0.2) is 0 Å². The number of carbonyl (C=O) groups is 1. The van der Waals surface area contributed by atoms with Crippen molar-refractivity contribution in [3.8, 4) is 0 Å². The van der Waals surface area contributed by atoms with Gasteiger partial charge in [0.1, 0.15) is 5.69 Å². The molecule has 2 aromatic rings. The van der Waals surface area contributed by atoms with Crippen molar-refractivity contribution in [2.75, 3.05) is 36.4 Å². The summed E-state index contributed by atoms with van der Waals surface area (Å²) in [5.41, 5.74) is 3.75. The summed E-state index contributed by atoms with van der Waals surface area (Å²) in [7, 11) is 0. The monoisotopic (exact) mass is 367 g/mol. The van der Waals surface area contributed by atoms with Gasteiger partial charge in [-0.15, -0.1) is 0 Å². The van der Waals surface area contributed by atoms with Crippen molar-refractivity contribution in [1.82, 2.24) is 14.9 Å². The molecule has 0 spiro atoms. The standard InChI is InChI=1S/C21H29N5O/c1-5-16(3)22-21-23-17(4)14-19(24-21)20(27)26-11-9-25(10-12-26)18-8-6-7-15(2)13-18/h6-8,13-14,16H,5,9-12H2,1-4H3,(H,22,23,24). The molecule has 1 amide bonds. The average Bonchev–Trinajstić information content (AvgIpc) is 2.67. The van der Waals surface area contributed by atoms with Crippen molar-refractivity contribution in [3.05, 3.63) is 47.3 Å². The third-order valence-corrected chi connectivity index (χ3v) is 4.99. The van der Waals surface area contributed by atoms with Crippen LogP contribution in [0.4, 0.5) is 11.6 Å². The van der Waals surface area contributed by atoms with Gasteiger partial charge in [-0.05, 0) is 51.0 Å². The van der Waals surface area contributed by atoms with Crippen LogP contribution in [0.2, 0.25) is 0 Å². The minimum atomic E-state index is -0.0170. The summed E-state index contributed by atoms with van der Waals surface area (Å²) in [4.78, 5) is 26.0. The normalized spacial score (nSPS) is 15.6. The number of aryl methyl sites for hydroxylation is 2. The summed E-state index contributed by atoms with van der Waals surface area (Å²) in [5, 5.41) is 3.26. The van der Waals surface area contributed by atoms with Crippen LogP contribution >= 0.6 is 0 Å². The number of aromatic nitrogens is 2. The Labute approximate surface area is 161 Å². The van der Waals surface area contributed by atoms with E-state index in [9.17, 15) is 4.79 Å². The lowest BCUT2D eigenvalue weighted by Gasteiger charge is -2.36. The van der Waals surface area contributed by atoms with Crippen molar-refractivity contribution in [3.63, 3.8) is 0 Å². The van der Waals surface area contributed by atoms with Crippen LogP contribution in [-0.4, -0.2) is 53.0 Å². The van der Waals surface area contributed by atoms with E-state index in [-0.39, 0.29) is 11.9 Å². The molecule has 1 fully saturated rings. The summed E-state index contributed by atoms with van der Waals surface area (Å²) >= 11 is 0. The van der Waals surface area contributed by atoms with Crippen LogP contribution in [-0.2, 0) is 0 Å². The van der Waals surface area contributed by atoms with Crippen LogP contribution in [0.5, 0.6) is 0 Å². The number of nitrogens with zero attached hydrogens (tertiary/aromatic N) is 4. The summed E-state index contributed by atoms with van der Waals surface area (Å²) in [6.07, 6.45) is 0.974. The van der Waals surface area contributed by atoms with E-state index in [1.165, 1.54) is 11.3 Å². The Morgan fingerprint density at radius 2 is 1.89 bits per heavy atom. The number of nitrogens with one attached hydrogen (secondary N) is 1. The Hall–Kier alpha value is -2.63. The molecule has 2 heterocycles. The molecule has 0 bridgehead atoms. The highest BCUT2D eigenvalue weighted by Gasteiger charge is 2.24. The van der Waals surface area contributed by atoms with E-state index in [2.05, 4.69) is 65.2 Å². The number of benzene rings is 1. The van der Waals surface area contributed by atoms with Gasteiger partial charge in [0.2, 0.25) is 5.95 Å². The van der Waals surface area contributed by atoms with Crippen LogP contribution in [0.15, 0.2) is 30.3 Å². The third kappa shape index (κ3) is 4.76. The van der Waals surface area contributed by atoms with Gasteiger partial charge in [-0.3, -0.25) is 4.79 Å². The van der Waals surface area contributed by atoms with Crippen molar-refractivity contribution < 1.29 is 4.79 Å². The van der Waals surface area contributed by atoms with Gasteiger partial charge in [-0.25, -0.2) is 9.97 Å². The summed E-state index contributed by atoms with van der Waals surface area (Å²) in [5.74, 6) is 0.516.